The third kappa shape index (κ3) is 4.95. The Balaban J connectivity index is 1.91. The van der Waals surface area contributed by atoms with Gasteiger partial charge in [-0.25, -0.2) is 12.8 Å². The topological polar surface area (TPSA) is 104 Å². The number of methoxy groups -OCH3 is 3. The zero-order valence-electron chi connectivity index (χ0n) is 18.5. The maximum absolute atomic E-state index is 13.7. The van der Waals surface area contributed by atoms with Crippen molar-refractivity contribution in [2.24, 2.45) is 0 Å². The van der Waals surface area contributed by atoms with Crippen LogP contribution < -0.4 is 19.5 Å². The fraction of sp³-hybridized carbons (Fsp3) is 0.261. The highest BCUT2D eigenvalue weighted by Gasteiger charge is 2.32. The van der Waals surface area contributed by atoms with Crippen molar-refractivity contribution in [3.63, 3.8) is 0 Å². The molecule has 0 bridgehead atoms. The minimum Gasteiger partial charge on any atom is -0.493 e. The third-order valence-corrected chi connectivity index (χ3v) is 7.13. The Morgan fingerprint density at radius 2 is 1.73 bits per heavy atom. The summed E-state index contributed by atoms with van der Waals surface area (Å²) in [6, 6.07) is 9.50. The van der Waals surface area contributed by atoms with Crippen LogP contribution >= 0.6 is 0 Å². The molecule has 2 aromatic carbocycles. The summed E-state index contributed by atoms with van der Waals surface area (Å²) in [5, 5.41) is 1.39. The van der Waals surface area contributed by atoms with E-state index in [1.165, 1.54) is 64.8 Å². The Kier molecular flexibility index (Phi) is 7.27. The fourth-order valence-corrected chi connectivity index (χ4v) is 4.97. The molecule has 1 N–H and O–H groups in total. The summed E-state index contributed by atoms with van der Waals surface area (Å²) in [5.74, 6) is -0.0603. The van der Waals surface area contributed by atoms with Crippen molar-refractivity contribution in [1.82, 2.24) is 5.32 Å². The highest BCUT2D eigenvalue weighted by Crippen LogP contribution is 2.38. The number of rotatable bonds is 9. The lowest BCUT2D eigenvalue weighted by molar-refractivity contribution is 0.0952. The summed E-state index contributed by atoms with van der Waals surface area (Å²) in [7, 11) is 0.258. The van der Waals surface area contributed by atoms with E-state index in [1.807, 2.05) is 0 Å². The van der Waals surface area contributed by atoms with E-state index in [-0.39, 0.29) is 39.8 Å². The van der Waals surface area contributed by atoms with E-state index >= 15 is 0 Å². The number of amides is 1. The Hall–Kier alpha value is -3.53. The first-order chi connectivity index (χ1) is 15.7. The summed E-state index contributed by atoms with van der Waals surface area (Å²) < 4.78 is 61.5. The van der Waals surface area contributed by atoms with Crippen molar-refractivity contribution >= 4 is 15.7 Å². The SMILES string of the molecule is COc1cc(C(=O)NC[C@H](c2ccco2)S(=O)(=O)c2ccc(F)c(C)c2)cc(OC)c1OC. The number of aryl methyl sites for hydroxylation is 1. The first kappa shape index (κ1) is 24.1. The number of carbonyl (C=O) groups is 1. The van der Waals surface area contributed by atoms with Crippen molar-refractivity contribution < 1.29 is 36.2 Å². The smallest absolute Gasteiger partial charge is 0.251 e. The second-order valence-electron chi connectivity index (χ2n) is 7.08. The number of furan rings is 1. The number of sulfone groups is 1. The van der Waals surface area contributed by atoms with Gasteiger partial charge in [0.1, 0.15) is 16.8 Å². The van der Waals surface area contributed by atoms with Crippen LogP contribution in [0.2, 0.25) is 0 Å². The number of nitrogens with one attached hydrogen (secondary N) is 1. The number of carbonyl (C=O) groups excluding carboxylic acids is 1. The van der Waals surface area contributed by atoms with Gasteiger partial charge in [0.25, 0.3) is 5.91 Å². The summed E-state index contributed by atoms with van der Waals surface area (Å²) in [6.45, 7) is 1.18. The summed E-state index contributed by atoms with van der Waals surface area (Å²) in [5.41, 5.74) is 0.369. The predicted molar refractivity (Wildman–Crippen MR) is 118 cm³/mol. The number of halogens is 1. The van der Waals surface area contributed by atoms with Crippen LogP contribution in [0.5, 0.6) is 17.2 Å². The van der Waals surface area contributed by atoms with Gasteiger partial charge < -0.3 is 23.9 Å². The lowest BCUT2D eigenvalue weighted by atomic mass is 10.1. The Labute approximate surface area is 191 Å². The van der Waals surface area contributed by atoms with E-state index in [0.29, 0.717) is 5.75 Å². The van der Waals surface area contributed by atoms with Crippen molar-refractivity contribution in [2.45, 2.75) is 17.1 Å². The van der Waals surface area contributed by atoms with Gasteiger partial charge in [0.2, 0.25) is 5.75 Å². The number of benzene rings is 2. The quantitative estimate of drug-likeness (QED) is 0.469. The summed E-state index contributed by atoms with van der Waals surface area (Å²) in [6.07, 6.45) is 1.34. The standard InChI is InChI=1S/C23H24FNO7S/c1-14-10-16(7-8-17(14)24)33(27,28)21(18-6-5-9-32-18)13-25-23(26)15-11-19(29-2)22(31-4)20(12-15)30-3/h5-12,21H,13H2,1-4H3,(H,25,26)/t21-/m1/s1. The van der Waals surface area contributed by atoms with Crippen LogP contribution in [0.4, 0.5) is 4.39 Å². The van der Waals surface area contributed by atoms with Gasteiger partial charge in [-0.2, -0.15) is 0 Å². The zero-order valence-corrected chi connectivity index (χ0v) is 19.4. The van der Waals surface area contributed by atoms with Crippen molar-refractivity contribution in [3.8, 4) is 17.2 Å². The first-order valence-corrected chi connectivity index (χ1v) is 11.4. The van der Waals surface area contributed by atoms with Crippen LogP contribution in [0.25, 0.3) is 0 Å². The molecule has 1 aromatic heterocycles. The van der Waals surface area contributed by atoms with Crippen LogP contribution in [0.3, 0.4) is 0 Å². The molecule has 3 rings (SSSR count). The van der Waals surface area contributed by atoms with Gasteiger partial charge in [-0.05, 0) is 55.0 Å². The van der Waals surface area contributed by atoms with E-state index in [0.717, 1.165) is 6.07 Å². The molecule has 0 saturated heterocycles. The van der Waals surface area contributed by atoms with E-state index in [9.17, 15) is 17.6 Å². The van der Waals surface area contributed by atoms with Gasteiger partial charge in [0.15, 0.2) is 21.3 Å². The lowest BCUT2D eigenvalue weighted by Crippen LogP contribution is -2.32. The largest absolute Gasteiger partial charge is 0.493 e. The average molecular weight is 478 g/mol. The number of ether oxygens (including phenoxy) is 3. The molecule has 33 heavy (non-hydrogen) atoms. The fourth-order valence-electron chi connectivity index (χ4n) is 3.30. The number of hydrogen-bond donors (Lipinski definition) is 1. The molecule has 0 saturated carbocycles. The van der Waals surface area contributed by atoms with Crippen LogP contribution in [-0.4, -0.2) is 42.2 Å². The van der Waals surface area contributed by atoms with Gasteiger partial charge >= 0.3 is 0 Å². The molecule has 0 unspecified atom stereocenters. The molecule has 1 amide bonds. The molecule has 1 heterocycles. The molecular weight excluding hydrogens is 453 g/mol. The molecule has 0 radical (unpaired) electrons. The summed E-state index contributed by atoms with van der Waals surface area (Å²) in [4.78, 5) is 12.8. The van der Waals surface area contributed by atoms with Crippen LogP contribution in [0, 0.1) is 12.7 Å². The molecule has 0 aliphatic rings. The second-order valence-corrected chi connectivity index (χ2v) is 9.21. The van der Waals surface area contributed by atoms with E-state index in [2.05, 4.69) is 5.32 Å². The van der Waals surface area contributed by atoms with Gasteiger partial charge in [-0.3, -0.25) is 4.79 Å². The normalized spacial score (nSPS) is 12.2. The summed E-state index contributed by atoms with van der Waals surface area (Å²) >= 11 is 0. The molecular formula is C23H24FNO7S. The van der Waals surface area contributed by atoms with Gasteiger partial charge in [0.05, 0.1) is 32.5 Å². The third-order valence-electron chi connectivity index (χ3n) is 5.07. The van der Waals surface area contributed by atoms with Crippen LogP contribution in [0.1, 0.15) is 26.9 Å². The molecule has 0 fully saturated rings. The van der Waals surface area contributed by atoms with Gasteiger partial charge in [0, 0.05) is 12.1 Å². The Bertz CT molecular complexity index is 1210. The average Bonchev–Trinajstić information content (AvgIpc) is 3.33. The van der Waals surface area contributed by atoms with Crippen LogP contribution in [-0.2, 0) is 9.84 Å². The van der Waals surface area contributed by atoms with E-state index in [4.69, 9.17) is 18.6 Å². The monoisotopic (exact) mass is 477 g/mol. The van der Waals surface area contributed by atoms with E-state index < -0.39 is 26.8 Å². The molecule has 0 aliphatic carbocycles. The molecule has 0 spiro atoms. The van der Waals surface area contributed by atoms with E-state index in [1.54, 1.807) is 6.07 Å². The first-order valence-electron chi connectivity index (χ1n) is 9.84. The van der Waals surface area contributed by atoms with Gasteiger partial charge in [-0.15, -0.1) is 0 Å². The molecule has 1 atom stereocenters. The Morgan fingerprint density at radius 3 is 2.24 bits per heavy atom. The maximum atomic E-state index is 13.7. The molecule has 10 heteroatoms. The van der Waals surface area contributed by atoms with Crippen LogP contribution in [0.15, 0.2) is 58.0 Å². The van der Waals surface area contributed by atoms with Gasteiger partial charge in [-0.1, -0.05) is 0 Å². The second kappa shape index (κ2) is 9.95. The molecule has 8 nitrogen and oxygen atoms in total. The highest BCUT2D eigenvalue weighted by atomic mass is 32.2. The zero-order chi connectivity index (χ0) is 24.2. The molecule has 3 aromatic rings. The molecule has 176 valence electrons. The maximum Gasteiger partial charge on any atom is 0.251 e. The predicted octanol–water partition coefficient (Wildman–Crippen LogP) is 3.70. The number of hydrogen-bond acceptors (Lipinski definition) is 7. The van der Waals surface area contributed by atoms with Crippen molar-refractivity contribution in [1.29, 1.82) is 0 Å². The highest BCUT2D eigenvalue weighted by molar-refractivity contribution is 7.91. The molecule has 0 aliphatic heterocycles. The van der Waals surface area contributed by atoms with Crippen molar-refractivity contribution in [3.05, 3.63) is 71.4 Å². The van der Waals surface area contributed by atoms with Crippen molar-refractivity contribution in [2.75, 3.05) is 27.9 Å². The minimum atomic E-state index is -4.02. The minimum absolute atomic E-state index is 0.0789. The lowest BCUT2D eigenvalue weighted by Gasteiger charge is -2.18. The Morgan fingerprint density at radius 1 is 1.06 bits per heavy atom.